The van der Waals surface area contributed by atoms with Crippen molar-refractivity contribution >= 4 is 10.0 Å². The molecule has 0 spiro atoms. The van der Waals surface area contributed by atoms with Crippen molar-refractivity contribution in [2.45, 2.75) is 25.7 Å². The van der Waals surface area contributed by atoms with E-state index in [0.29, 0.717) is 19.5 Å². The zero-order valence-corrected chi connectivity index (χ0v) is 11.6. The van der Waals surface area contributed by atoms with Crippen LogP contribution in [0, 0.1) is 0 Å². The molecule has 0 saturated carbocycles. The zero-order valence-electron chi connectivity index (χ0n) is 10.8. The lowest BCUT2D eigenvalue weighted by molar-refractivity contribution is 0.310. The Morgan fingerprint density at radius 1 is 1.24 bits per heavy atom. The Kier molecular flexibility index (Phi) is 6.40. The smallest absolute Gasteiger partial charge is 0.213 e. The first-order valence-electron chi connectivity index (χ1n) is 6.42. The third-order valence-corrected chi connectivity index (χ3v) is 5.20. The summed E-state index contributed by atoms with van der Waals surface area (Å²) in [6.45, 7) is 4.24. The lowest BCUT2D eigenvalue weighted by atomic mass is 10.3. The highest BCUT2D eigenvalue weighted by molar-refractivity contribution is 7.89. The molecule has 1 aliphatic rings. The van der Waals surface area contributed by atoms with Gasteiger partial charge in [-0.1, -0.05) is 0 Å². The molecule has 1 fully saturated rings. The number of hydrogen-bond donors (Lipinski definition) is 1. The molecule has 1 heterocycles. The summed E-state index contributed by atoms with van der Waals surface area (Å²) in [6.07, 6.45) is 3.92. The van der Waals surface area contributed by atoms with E-state index in [4.69, 9.17) is 5.73 Å². The van der Waals surface area contributed by atoms with Crippen molar-refractivity contribution in [3.63, 3.8) is 0 Å². The molecular weight excluding hydrogens is 238 g/mol. The van der Waals surface area contributed by atoms with Gasteiger partial charge in [0, 0.05) is 20.1 Å². The lowest BCUT2D eigenvalue weighted by Gasteiger charge is -2.21. The number of rotatable bonds is 8. The Labute approximate surface area is 105 Å². The highest BCUT2D eigenvalue weighted by atomic mass is 32.2. The number of likely N-dealkylation sites (tertiary alicyclic amines) is 1. The Morgan fingerprint density at radius 2 is 1.88 bits per heavy atom. The Morgan fingerprint density at radius 3 is 2.47 bits per heavy atom. The van der Waals surface area contributed by atoms with E-state index in [-0.39, 0.29) is 5.75 Å². The Bertz CT molecular complexity index is 300. The molecule has 0 bridgehead atoms. The first kappa shape index (κ1) is 14.9. The van der Waals surface area contributed by atoms with Gasteiger partial charge in [-0.25, -0.2) is 12.7 Å². The van der Waals surface area contributed by atoms with Crippen LogP contribution in [0.15, 0.2) is 0 Å². The van der Waals surface area contributed by atoms with Crippen molar-refractivity contribution < 1.29 is 8.42 Å². The summed E-state index contributed by atoms with van der Waals surface area (Å²) in [7, 11) is -1.40. The van der Waals surface area contributed by atoms with Crippen LogP contribution in [0.2, 0.25) is 0 Å². The van der Waals surface area contributed by atoms with Gasteiger partial charge in [0.2, 0.25) is 10.0 Å². The van der Waals surface area contributed by atoms with Gasteiger partial charge in [0.1, 0.15) is 0 Å². The van der Waals surface area contributed by atoms with Gasteiger partial charge in [0.15, 0.2) is 0 Å². The van der Waals surface area contributed by atoms with E-state index < -0.39 is 10.0 Å². The van der Waals surface area contributed by atoms with E-state index in [1.54, 1.807) is 7.05 Å². The fourth-order valence-corrected chi connectivity index (χ4v) is 3.25. The third kappa shape index (κ3) is 5.33. The molecule has 5 nitrogen and oxygen atoms in total. The van der Waals surface area contributed by atoms with Crippen LogP contribution < -0.4 is 5.73 Å². The zero-order chi connectivity index (χ0) is 12.7. The summed E-state index contributed by atoms with van der Waals surface area (Å²) in [5, 5.41) is 0. The number of nitrogens with two attached hydrogens (primary N) is 1. The Balaban J connectivity index is 2.26. The van der Waals surface area contributed by atoms with Crippen molar-refractivity contribution in [3.8, 4) is 0 Å². The maximum atomic E-state index is 11.9. The van der Waals surface area contributed by atoms with Gasteiger partial charge in [-0.3, -0.25) is 0 Å². The van der Waals surface area contributed by atoms with Gasteiger partial charge in [-0.05, 0) is 45.3 Å². The minimum absolute atomic E-state index is 0.223. The van der Waals surface area contributed by atoms with E-state index in [1.165, 1.54) is 17.1 Å². The maximum absolute atomic E-state index is 11.9. The molecule has 102 valence electrons. The van der Waals surface area contributed by atoms with E-state index in [1.807, 2.05) is 0 Å². The summed E-state index contributed by atoms with van der Waals surface area (Å²) in [5.74, 6) is 0.223. The predicted octanol–water partition coefficient (Wildman–Crippen LogP) is 0.0827. The average Bonchev–Trinajstić information content (AvgIpc) is 2.78. The SMILES string of the molecule is CN(CCN1CCCC1)S(=O)(=O)CCCCN. The second kappa shape index (κ2) is 7.31. The van der Waals surface area contributed by atoms with Crippen LogP contribution in [0.3, 0.4) is 0 Å². The molecule has 1 aliphatic heterocycles. The highest BCUT2D eigenvalue weighted by Crippen LogP contribution is 2.08. The summed E-state index contributed by atoms with van der Waals surface area (Å²) in [4.78, 5) is 2.33. The molecular formula is C11H25N3O2S. The number of likely N-dealkylation sites (N-methyl/N-ethyl adjacent to an activating group) is 1. The molecule has 0 atom stereocenters. The molecule has 0 aliphatic carbocycles. The van der Waals surface area contributed by atoms with Crippen LogP contribution in [0.1, 0.15) is 25.7 Å². The van der Waals surface area contributed by atoms with Crippen molar-refractivity contribution in [3.05, 3.63) is 0 Å². The van der Waals surface area contributed by atoms with Crippen LogP contribution in [0.5, 0.6) is 0 Å². The minimum Gasteiger partial charge on any atom is -0.330 e. The molecule has 17 heavy (non-hydrogen) atoms. The molecule has 0 aromatic rings. The molecule has 1 rings (SSSR count). The molecule has 6 heteroatoms. The van der Waals surface area contributed by atoms with Crippen LogP contribution in [-0.4, -0.2) is 63.1 Å². The first-order valence-corrected chi connectivity index (χ1v) is 8.03. The molecule has 0 amide bonds. The number of unbranched alkanes of at least 4 members (excludes halogenated alkanes) is 1. The summed E-state index contributed by atoms with van der Waals surface area (Å²) in [5.41, 5.74) is 5.36. The van der Waals surface area contributed by atoms with E-state index in [2.05, 4.69) is 4.90 Å². The topological polar surface area (TPSA) is 66.6 Å². The number of sulfonamides is 1. The summed E-state index contributed by atoms with van der Waals surface area (Å²) >= 11 is 0. The molecule has 0 radical (unpaired) electrons. The number of hydrogen-bond acceptors (Lipinski definition) is 4. The van der Waals surface area contributed by atoms with Crippen LogP contribution in [-0.2, 0) is 10.0 Å². The third-order valence-electron chi connectivity index (χ3n) is 3.26. The fraction of sp³-hybridized carbons (Fsp3) is 1.00. The average molecular weight is 263 g/mol. The normalized spacial score (nSPS) is 18.1. The predicted molar refractivity (Wildman–Crippen MR) is 70.4 cm³/mol. The van der Waals surface area contributed by atoms with E-state index in [0.717, 1.165) is 26.1 Å². The van der Waals surface area contributed by atoms with E-state index >= 15 is 0 Å². The van der Waals surface area contributed by atoms with Crippen molar-refractivity contribution in [2.75, 3.05) is 45.5 Å². The molecule has 1 saturated heterocycles. The summed E-state index contributed by atoms with van der Waals surface area (Å²) in [6, 6.07) is 0. The largest absolute Gasteiger partial charge is 0.330 e. The van der Waals surface area contributed by atoms with Gasteiger partial charge >= 0.3 is 0 Å². The van der Waals surface area contributed by atoms with Crippen molar-refractivity contribution in [2.24, 2.45) is 5.73 Å². The molecule has 0 aromatic heterocycles. The molecule has 0 aromatic carbocycles. The van der Waals surface area contributed by atoms with Gasteiger partial charge in [0.05, 0.1) is 5.75 Å². The van der Waals surface area contributed by atoms with Crippen LogP contribution in [0.25, 0.3) is 0 Å². The lowest BCUT2D eigenvalue weighted by Crippen LogP contribution is -2.36. The van der Waals surface area contributed by atoms with Crippen molar-refractivity contribution in [1.29, 1.82) is 0 Å². The van der Waals surface area contributed by atoms with Gasteiger partial charge < -0.3 is 10.6 Å². The quantitative estimate of drug-likeness (QED) is 0.630. The highest BCUT2D eigenvalue weighted by Gasteiger charge is 2.19. The Hall–Kier alpha value is -0.170. The second-order valence-electron chi connectivity index (χ2n) is 4.68. The van der Waals surface area contributed by atoms with Gasteiger partial charge in [0.25, 0.3) is 0 Å². The van der Waals surface area contributed by atoms with Crippen LogP contribution in [0.4, 0.5) is 0 Å². The van der Waals surface area contributed by atoms with Gasteiger partial charge in [-0.15, -0.1) is 0 Å². The standard InChI is InChI=1S/C11H25N3O2S/c1-13(9-10-14-7-3-4-8-14)17(15,16)11-5-2-6-12/h2-12H2,1H3. The minimum atomic E-state index is -3.07. The van der Waals surface area contributed by atoms with Crippen molar-refractivity contribution in [1.82, 2.24) is 9.21 Å². The second-order valence-corrected chi connectivity index (χ2v) is 6.88. The van der Waals surface area contributed by atoms with Crippen LogP contribution >= 0.6 is 0 Å². The van der Waals surface area contributed by atoms with E-state index in [9.17, 15) is 8.42 Å². The van der Waals surface area contributed by atoms with Gasteiger partial charge in [-0.2, -0.15) is 0 Å². The molecule has 0 unspecified atom stereocenters. The monoisotopic (exact) mass is 263 g/mol. The molecule has 2 N–H and O–H groups in total. The maximum Gasteiger partial charge on any atom is 0.213 e. The summed E-state index contributed by atoms with van der Waals surface area (Å²) < 4.78 is 25.2. The fourth-order valence-electron chi connectivity index (χ4n) is 2.01. The first-order chi connectivity index (χ1) is 8.06. The number of nitrogens with zero attached hydrogens (tertiary/aromatic N) is 2.